The van der Waals surface area contributed by atoms with Crippen LogP contribution in [0.15, 0.2) is 14.3 Å². The van der Waals surface area contributed by atoms with E-state index in [0.29, 0.717) is 4.73 Å². The molecule has 7 nitrogen and oxygen atoms in total. The number of imidazole rings is 1. The molecule has 2 aromatic rings. The minimum atomic E-state index is -0.556. The van der Waals surface area contributed by atoms with Crippen molar-refractivity contribution in [2.75, 3.05) is 0 Å². The second-order valence-corrected chi connectivity index (χ2v) is 4.74. The van der Waals surface area contributed by atoms with Gasteiger partial charge < -0.3 is 4.57 Å². The number of aromatic amines is 1. The average Bonchev–Trinajstić information content (AvgIpc) is 2.63. The summed E-state index contributed by atoms with van der Waals surface area (Å²) in [6.45, 7) is 3.10. The summed E-state index contributed by atoms with van der Waals surface area (Å²) >= 11 is 3.20. The molecular formula is C10H11BrN4O3. The number of hydrogen-bond donors (Lipinski definition) is 1. The molecule has 2 aromatic heterocycles. The van der Waals surface area contributed by atoms with Crippen LogP contribution in [0, 0.1) is 0 Å². The Kier molecular flexibility index (Phi) is 2.97. The lowest BCUT2D eigenvalue weighted by atomic mass is 10.2. The van der Waals surface area contributed by atoms with Crippen molar-refractivity contribution in [3.63, 3.8) is 0 Å². The summed E-state index contributed by atoms with van der Waals surface area (Å²) in [5.41, 5.74) is -0.657. The Hall–Kier alpha value is -1.70. The second-order valence-electron chi connectivity index (χ2n) is 4.03. The van der Waals surface area contributed by atoms with Gasteiger partial charge in [0.1, 0.15) is 0 Å². The van der Waals surface area contributed by atoms with Crippen molar-refractivity contribution in [1.82, 2.24) is 19.1 Å². The van der Waals surface area contributed by atoms with Gasteiger partial charge in [0.25, 0.3) is 5.56 Å². The van der Waals surface area contributed by atoms with Gasteiger partial charge in [-0.05, 0) is 29.8 Å². The molecule has 1 unspecified atom stereocenters. The molecule has 0 fully saturated rings. The molecule has 0 spiro atoms. The fraction of sp³-hybridized carbons (Fsp3) is 0.400. The SMILES string of the molecule is CC(=O)C(C)n1c(Br)nc2c1c(=O)[nH]c(=O)n2C. The highest BCUT2D eigenvalue weighted by atomic mass is 79.9. The van der Waals surface area contributed by atoms with E-state index in [1.165, 1.54) is 23.1 Å². The largest absolute Gasteiger partial charge is 0.329 e. The van der Waals surface area contributed by atoms with Gasteiger partial charge in [0, 0.05) is 7.05 Å². The molecule has 2 heterocycles. The Labute approximate surface area is 110 Å². The van der Waals surface area contributed by atoms with Crippen molar-refractivity contribution in [2.45, 2.75) is 19.9 Å². The number of fused-ring (bicyclic) bond motifs is 1. The van der Waals surface area contributed by atoms with Gasteiger partial charge in [-0.3, -0.25) is 19.1 Å². The van der Waals surface area contributed by atoms with Crippen molar-refractivity contribution in [2.24, 2.45) is 7.05 Å². The van der Waals surface area contributed by atoms with Crippen LogP contribution in [0.4, 0.5) is 0 Å². The van der Waals surface area contributed by atoms with E-state index in [1.54, 1.807) is 6.92 Å². The van der Waals surface area contributed by atoms with Gasteiger partial charge in [0.2, 0.25) is 0 Å². The number of carbonyl (C=O) groups excluding carboxylic acids is 1. The number of rotatable bonds is 2. The molecule has 96 valence electrons. The molecule has 0 amide bonds. The molecular weight excluding hydrogens is 304 g/mol. The van der Waals surface area contributed by atoms with Crippen molar-refractivity contribution in [3.05, 3.63) is 25.6 Å². The van der Waals surface area contributed by atoms with Gasteiger partial charge in [-0.1, -0.05) is 0 Å². The Morgan fingerprint density at radius 2 is 2.06 bits per heavy atom. The lowest BCUT2D eigenvalue weighted by molar-refractivity contribution is -0.119. The Bertz CT molecular complexity index is 755. The van der Waals surface area contributed by atoms with Crippen LogP contribution < -0.4 is 11.2 Å². The van der Waals surface area contributed by atoms with Gasteiger partial charge in [0.15, 0.2) is 21.7 Å². The second kappa shape index (κ2) is 4.20. The lowest BCUT2D eigenvalue weighted by Crippen LogP contribution is -2.30. The zero-order valence-corrected chi connectivity index (χ0v) is 11.6. The summed E-state index contributed by atoms with van der Waals surface area (Å²) in [6, 6.07) is -0.539. The van der Waals surface area contributed by atoms with E-state index < -0.39 is 17.3 Å². The number of aryl methyl sites for hydroxylation is 1. The van der Waals surface area contributed by atoms with E-state index in [2.05, 4.69) is 25.9 Å². The molecule has 1 N–H and O–H groups in total. The number of halogens is 1. The predicted octanol–water partition coefficient (Wildman–Crippen LogP) is 0.336. The van der Waals surface area contributed by atoms with Crippen LogP contribution in [0.1, 0.15) is 19.9 Å². The van der Waals surface area contributed by atoms with Crippen molar-refractivity contribution in [3.8, 4) is 0 Å². The number of ketones is 1. The quantitative estimate of drug-likeness (QED) is 0.809. The molecule has 0 bridgehead atoms. The zero-order chi connectivity index (χ0) is 13.6. The Morgan fingerprint density at radius 1 is 1.44 bits per heavy atom. The van der Waals surface area contributed by atoms with Gasteiger partial charge >= 0.3 is 5.69 Å². The molecule has 2 rings (SSSR count). The first-order chi connectivity index (χ1) is 8.34. The molecule has 1 atom stereocenters. The summed E-state index contributed by atoms with van der Waals surface area (Å²) in [7, 11) is 1.50. The minimum absolute atomic E-state index is 0.108. The molecule has 0 radical (unpaired) electrons. The van der Waals surface area contributed by atoms with Crippen LogP contribution in [0.25, 0.3) is 11.2 Å². The monoisotopic (exact) mass is 314 g/mol. The minimum Gasteiger partial charge on any atom is -0.302 e. The maximum atomic E-state index is 11.9. The van der Waals surface area contributed by atoms with Crippen LogP contribution in [-0.2, 0) is 11.8 Å². The van der Waals surface area contributed by atoms with Crippen molar-refractivity contribution < 1.29 is 4.79 Å². The lowest BCUT2D eigenvalue weighted by Gasteiger charge is -2.11. The summed E-state index contributed by atoms with van der Waals surface area (Å²) in [5.74, 6) is -0.108. The number of hydrogen-bond acceptors (Lipinski definition) is 4. The van der Waals surface area contributed by atoms with E-state index in [4.69, 9.17) is 0 Å². The predicted molar refractivity (Wildman–Crippen MR) is 68.7 cm³/mol. The first-order valence-corrected chi connectivity index (χ1v) is 6.01. The zero-order valence-electron chi connectivity index (χ0n) is 10.0. The van der Waals surface area contributed by atoms with E-state index in [1.807, 2.05) is 0 Å². The van der Waals surface area contributed by atoms with Crippen LogP contribution in [0.3, 0.4) is 0 Å². The third-order valence-electron chi connectivity index (χ3n) is 2.88. The van der Waals surface area contributed by atoms with Crippen molar-refractivity contribution in [1.29, 1.82) is 0 Å². The summed E-state index contributed by atoms with van der Waals surface area (Å²) in [5, 5.41) is 0. The van der Waals surface area contributed by atoms with Crippen LogP contribution in [-0.4, -0.2) is 24.9 Å². The summed E-state index contributed by atoms with van der Waals surface area (Å²) < 4.78 is 3.03. The Morgan fingerprint density at radius 3 is 2.61 bits per heavy atom. The highest BCUT2D eigenvalue weighted by molar-refractivity contribution is 9.10. The molecule has 0 aromatic carbocycles. The molecule has 18 heavy (non-hydrogen) atoms. The van der Waals surface area contributed by atoms with Crippen LogP contribution >= 0.6 is 15.9 Å². The third kappa shape index (κ3) is 1.72. The molecule has 8 heteroatoms. The number of carbonyl (C=O) groups is 1. The van der Waals surface area contributed by atoms with Gasteiger partial charge in [-0.25, -0.2) is 9.78 Å². The Balaban J connectivity index is 2.97. The summed E-state index contributed by atoms with van der Waals surface area (Å²) in [6.07, 6.45) is 0. The van der Waals surface area contributed by atoms with Gasteiger partial charge in [0.05, 0.1) is 6.04 Å². The van der Waals surface area contributed by atoms with E-state index in [9.17, 15) is 14.4 Å². The summed E-state index contributed by atoms with van der Waals surface area (Å²) in [4.78, 5) is 41.1. The fourth-order valence-corrected chi connectivity index (χ4v) is 2.36. The molecule has 0 saturated carbocycles. The number of nitrogens with zero attached hydrogens (tertiary/aromatic N) is 3. The number of aromatic nitrogens is 4. The average molecular weight is 315 g/mol. The molecule has 0 aliphatic rings. The van der Waals surface area contributed by atoms with Crippen LogP contribution in [0.2, 0.25) is 0 Å². The normalized spacial score (nSPS) is 12.9. The van der Waals surface area contributed by atoms with Crippen LogP contribution in [0.5, 0.6) is 0 Å². The van der Waals surface area contributed by atoms with Gasteiger partial charge in [-0.2, -0.15) is 0 Å². The number of nitrogens with one attached hydrogen (secondary N) is 1. The van der Waals surface area contributed by atoms with Gasteiger partial charge in [-0.15, -0.1) is 0 Å². The first-order valence-electron chi connectivity index (χ1n) is 5.21. The molecule has 0 aliphatic heterocycles. The number of Topliss-reactive ketones (excluding diaryl/α,β-unsaturated/α-hetero) is 1. The maximum absolute atomic E-state index is 11.9. The third-order valence-corrected chi connectivity index (χ3v) is 3.44. The highest BCUT2D eigenvalue weighted by Crippen LogP contribution is 2.21. The number of H-pyrrole nitrogens is 1. The molecule has 0 saturated heterocycles. The standard InChI is InChI=1S/C10H11BrN4O3/c1-4(5(2)16)15-6-7(12-9(15)11)14(3)10(18)13-8(6)17/h4H,1-3H3,(H,13,17,18). The van der Waals surface area contributed by atoms with Crippen molar-refractivity contribution >= 4 is 32.9 Å². The first kappa shape index (κ1) is 12.7. The maximum Gasteiger partial charge on any atom is 0.329 e. The highest BCUT2D eigenvalue weighted by Gasteiger charge is 2.21. The molecule has 0 aliphatic carbocycles. The van der Waals surface area contributed by atoms with E-state index in [-0.39, 0.29) is 16.9 Å². The fourth-order valence-electron chi connectivity index (χ4n) is 1.71. The topological polar surface area (TPSA) is 89.8 Å². The van der Waals surface area contributed by atoms with E-state index in [0.717, 1.165) is 0 Å². The van der Waals surface area contributed by atoms with E-state index >= 15 is 0 Å². The smallest absolute Gasteiger partial charge is 0.302 e.